The molecule has 1 aliphatic rings. The third-order valence-electron chi connectivity index (χ3n) is 3.05. The number of nitrogens with one attached hydrogen (secondary N) is 2. The lowest BCUT2D eigenvalue weighted by atomic mass is 10.2. The van der Waals surface area contributed by atoms with E-state index >= 15 is 0 Å². The van der Waals surface area contributed by atoms with E-state index in [9.17, 15) is 4.79 Å². The van der Waals surface area contributed by atoms with Gasteiger partial charge in [0.05, 0.1) is 13.0 Å². The number of rotatable bonds is 7. The van der Waals surface area contributed by atoms with Gasteiger partial charge in [-0.1, -0.05) is 15.9 Å². The van der Waals surface area contributed by atoms with Gasteiger partial charge in [0.2, 0.25) is 5.91 Å². The molecule has 2 N–H and O–H groups in total. The fourth-order valence-corrected chi connectivity index (χ4v) is 2.09. The van der Waals surface area contributed by atoms with E-state index in [-0.39, 0.29) is 5.91 Å². The van der Waals surface area contributed by atoms with Gasteiger partial charge in [-0.2, -0.15) is 0 Å². The maximum Gasteiger partial charge on any atom is 0.223 e. The average Bonchev–Trinajstić information content (AvgIpc) is 3.23. The van der Waals surface area contributed by atoms with Gasteiger partial charge in [0.25, 0.3) is 0 Å². The molecule has 0 bridgehead atoms. The van der Waals surface area contributed by atoms with Gasteiger partial charge < -0.3 is 15.4 Å². The average molecular weight is 327 g/mol. The second-order valence-corrected chi connectivity index (χ2v) is 5.53. The van der Waals surface area contributed by atoms with Crippen LogP contribution in [-0.4, -0.2) is 25.6 Å². The molecule has 1 saturated carbocycles. The first-order chi connectivity index (χ1) is 9.19. The van der Waals surface area contributed by atoms with Crippen LogP contribution in [0, 0.1) is 0 Å². The number of hydrogen-bond donors (Lipinski definition) is 2. The third kappa shape index (κ3) is 4.84. The number of amides is 1. The summed E-state index contributed by atoms with van der Waals surface area (Å²) in [6.07, 6.45) is 2.93. The molecule has 1 fully saturated rings. The quantitative estimate of drug-likeness (QED) is 0.807. The molecule has 0 saturated heterocycles. The Bertz CT molecular complexity index is 447. The van der Waals surface area contributed by atoms with Crippen LogP contribution in [0.5, 0.6) is 5.75 Å². The summed E-state index contributed by atoms with van der Waals surface area (Å²) < 4.78 is 6.67. The number of halogens is 1. The van der Waals surface area contributed by atoms with E-state index in [4.69, 9.17) is 4.74 Å². The van der Waals surface area contributed by atoms with E-state index in [2.05, 4.69) is 26.6 Å². The molecule has 104 valence electrons. The fourth-order valence-electron chi connectivity index (χ4n) is 1.70. The summed E-state index contributed by atoms with van der Waals surface area (Å²) in [6, 6.07) is 6.60. The molecule has 1 aromatic rings. The highest BCUT2D eigenvalue weighted by atomic mass is 79.9. The Hall–Kier alpha value is -1.07. The van der Waals surface area contributed by atoms with Crippen LogP contribution in [0.4, 0.5) is 0 Å². The molecule has 0 unspecified atom stereocenters. The zero-order valence-corrected chi connectivity index (χ0v) is 12.6. The Morgan fingerprint density at radius 2 is 2.26 bits per heavy atom. The van der Waals surface area contributed by atoms with Crippen molar-refractivity contribution in [3.63, 3.8) is 0 Å². The van der Waals surface area contributed by atoms with Crippen molar-refractivity contribution < 1.29 is 9.53 Å². The first-order valence-electron chi connectivity index (χ1n) is 6.54. The van der Waals surface area contributed by atoms with Crippen LogP contribution in [0.15, 0.2) is 22.7 Å². The highest BCUT2D eigenvalue weighted by molar-refractivity contribution is 9.10. The normalized spacial score (nSPS) is 14.2. The van der Waals surface area contributed by atoms with Gasteiger partial charge in [-0.05, 0) is 36.6 Å². The molecule has 1 amide bonds. The molecule has 0 aromatic heterocycles. The molecule has 4 nitrogen and oxygen atoms in total. The monoisotopic (exact) mass is 326 g/mol. The van der Waals surface area contributed by atoms with Crippen molar-refractivity contribution >= 4 is 21.8 Å². The van der Waals surface area contributed by atoms with E-state index in [1.54, 1.807) is 7.05 Å². The number of carbonyl (C=O) groups excluding carboxylic acids is 1. The lowest BCUT2D eigenvalue weighted by molar-refractivity contribution is -0.121. The predicted molar refractivity (Wildman–Crippen MR) is 78.2 cm³/mol. The number of ether oxygens (including phenoxy) is 1. The van der Waals surface area contributed by atoms with Crippen molar-refractivity contribution in [3.05, 3.63) is 28.2 Å². The van der Waals surface area contributed by atoms with Gasteiger partial charge in [0.1, 0.15) is 5.75 Å². The molecule has 0 spiro atoms. The SMILES string of the molecule is CNC(=O)CCOc1ccc(Br)c(CNC2CC2)c1. The van der Waals surface area contributed by atoms with E-state index in [1.807, 2.05) is 18.2 Å². The summed E-state index contributed by atoms with van der Waals surface area (Å²) in [5, 5.41) is 6.05. The van der Waals surface area contributed by atoms with Crippen molar-refractivity contribution in [1.29, 1.82) is 0 Å². The smallest absolute Gasteiger partial charge is 0.223 e. The van der Waals surface area contributed by atoms with E-state index in [0.29, 0.717) is 19.1 Å². The molecule has 0 atom stereocenters. The van der Waals surface area contributed by atoms with E-state index in [1.165, 1.54) is 18.4 Å². The summed E-state index contributed by atoms with van der Waals surface area (Å²) in [5.74, 6) is 0.799. The Morgan fingerprint density at radius 3 is 2.95 bits per heavy atom. The molecule has 1 aromatic carbocycles. The van der Waals surface area contributed by atoms with Crippen LogP contribution in [0.25, 0.3) is 0 Å². The van der Waals surface area contributed by atoms with Crippen LogP contribution in [-0.2, 0) is 11.3 Å². The zero-order chi connectivity index (χ0) is 13.7. The van der Waals surface area contributed by atoms with Gasteiger partial charge in [-0.3, -0.25) is 4.79 Å². The largest absolute Gasteiger partial charge is 0.493 e. The number of benzene rings is 1. The van der Waals surface area contributed by atoms with E-state index < -0.39 is 0 Å². The van der Waals surface area contributed by atoms with Crippen LogP contribution >= 0.6 is 15.9 Å². The Balaban J connectivity index is 1.85. The molecule has 5 heteroatoms. The lowest BCUT2D eigenvalue weighted by Gasteiger charge is -2.10. The molecule has 1 aliphatic carbocycles. The number of carbonyl (C=O) groups is 1. The van der Waals surface area contributed by atoms with Crippen LogP contribution in [0.1, 0.15) is 24.8 Å². The molecule has 0 aliphatic heterocycles. The molecule has 19 heavy (non-hydrogen) atoms. The Morgan fingerprint density at radius 1 is 1.47 bits per heavy atom. The van der Waals surface area contributed by atoms with Gasteiger partial charge in [0.15, 0.2) is 0 Å². The highest BCUT2D eigenvalue weighted by Crippen LogP contribution is 2.25. The molecule has 0 heterocycles. The summed E-state index contributed by atoms with van der Waals surface area (Å²) in [6.45, 7) is 1.24. The minimum atomic E-state index is -0.00673. The maximum absolute atomic E-state index is 11.1. The third-order valence-corrected chi connectivity index (χ3v) is 3.83. The van der Waals surface area contributed by atoms with E-state index in [0.717, 1.165) is 16.8 Å². The summed E-state index contributed by atoms with van der Waals surface area (Å²) in [7, 11) is 1.63. The minimum absolute atomic E-state index is 0.00673. The maximum atomic E-state index is 11.1. The second kappa shape index (κ2) is 6.91. The Kier molecular flexibility index (Phi) is 5.22. The zero-order valence-electron chi connectivity index (χ0n) is 11.0. The molecular weight excluding hydrogens is 308 g/mol. The summed E-state index contributed by atoms with van der Waals surface area (Å²) >= 11 is 3.54. The lowest BCUT2D eigenvalue weighted by Crippen LogP contribution is -2.20. The van der Waals surface area contributed by atoms with Gasteiger partial charge in [0, 0.05) is 24.1 Å². The summed E-state index contributed by atoms with van der Waals surface area (Å²) in [4.78, 5) is 11.1. The fraction of sp³-hybridized carbons (Fsp3) is 0.500. The first-order valence-corrected chi connectivity index (χ1v) is 7.33. The number of hydrogen-bond acceptors (Lipinski definition) is 3. The van der Waals surface area contributed by atoms with Gasteiger partial charge in [-0.25, -0.2) is 0 Å². The van der Waals surface area contributed by atoms with Crippen molar-refractivity contribution in [3.8, 4) is 5.75 Å². The molecule has 0 radical (unpaired) electrons. The van der Waals surface area contributed by atoms with Crippen molar-refractivity contribution in [2.45, 2.75) is 31.8 Å². The topological polar surface area (TPSA) is 50.4 Å². The predicted octanol–water partition coefficient (Wildman–Crippen LogP) is 2.22. The first kappa shape index (κ1) is 14.3. The molecular formula is C14H19BrN2O2. The Labute approximate surface area is 122 Å². The van der Waals surface area contributed by atoms with Gasteiger partial charge >= 0.3 is 0 Å². The van der Waals surface area contributed by atoms with Crippen LogP contribution in [0.3, 0.4) is 0 Å². The highest BCUT2D eigenvalue weighted by Gasteiger charge is 2.20. The molecule has 2 rings (SSSR count). The van der Waals surface area contributed by atoms with Crippen molar-refractivity contribution in [1.82, 2.24) is 10.6 Å². The second-order valence-electron chi connectivity index (χ2n) is 4.68. The van der Waals surface area contributed by atoms with Gasteiger partial charge in [-0.15, -0.1) is 0 Å². The van der Waals surface area contributed by atoms with Crippen molar-refractivity contribution in [2.75, 3.05) is 13.7 Å². The minimum Gasteiger partial charge on any atom is -0.493 e. The van der Waals surface area contributed by atoms with Crippen molar-refractivity contribution in [2.24, 2.45) is 0 Å². The standard InChI is InChI=1S/C14H19BrN2O2/c1-16-14(18)6-7-19-12-4-5-13(15)10(8-12)9-17-11-2-3-11/h4-5,8,11,17H,2-3,6-7,9H2,1H3,(H,16,18). The summed E-state index contributed by atoms with van der Waals surface area (Å²) in [5.41, 5.74) is 1.18. The van der Waals surface area contributed by atoms with Crippen LogP contribution < -0.4 is 15.4 Å². The van der Waals surface area contributed by atoms with Crippen LogP contribution in [0.2, 0.25) is 0 Å².